The van der Waals surface area contributed by atoms with Gasteiger partial charge in [-0.3, -0.25) is 0 Å². The van der Waals surface area contributed by atoms with E-state index in [1.165, 1.54) is 16.7 Å². The van der Waals surface area contributed by atoms with Gasteiger partial charge in [0.1, 0.15) is 0 Å². The van der Waals surface area contributed by atoms with E-state index in [4.69, 9.17) is 0 Å². The van der Waals surface area contributed by atoms with Gasteiger partial charge < -0.3 is 0 Å². The quantitative estimate of drug-likeness (QED) is 0.565. The van der Waals surface area contributed by atoms with Gasteiger partial charge in [0, 0.05) is 12.0 Å². The Labute approximate surface area is 79.3 Å². The van der Waals surface area contributed by atoms with Crippen molar-refractivity contribution in [2.24, 2.45) is 0 Å². The van der Waals surface area contributed by atoms with Crippen LogP contribution in [0.3, 0.4) is 0 Å². The van der Waals surface area contributed by atoms with Gasteiger partial charge in [0.05, 0.1) is 0 Å². The van der Waals surface area contributed by atoms with E-state index in [0.29, 0.717) is 0 Å². The van der Waals surface area contributed by atoms with Crippen molar-refractivity contribution in [1.82, 2.24) is 0 Å². The van der Waals surface area contributed by atoms with Crippen LogP contribution in [0.25, 0.3) is 5.57 Å². The number of hydrogen-bond donors (Lipinski definition) is 0. The lowest BCUT2D eigenvalue weighted by atomic mass is 9.99. The minimum absolute atomic E-state index is 0.887. The van der Waals surface area contributed by atoms with Crippen LogP contribution in [0.15, 0.2) is 30.3 Å². The molecule has 13 heavy (non-hydrogen) atoms. The summed E-state index contributed by atoms with van der Waals surface area (Å²) in [5, 5.41) is 0. The summed E-state index contributed by atoms with van der Waals surface area (Å²) >= 11 is 0. The van der Waals surface area contributed by atoms with E-state index < -0.39 is 0 Å². The lowest BCUT2D eigenvalue weighted by Crippen LogP contribution is -1.86. The van der Waals surface area contributed by atoms with Gasteiger partial charge in [-0.1, -0.05) is 43.0 Å². The van der Waals surface area contributed by atoms with E-state index in [2.05, 4.69) is 43.0 Å². The van der Waals surface area contributed by atoms with Crippen molar-refractivity contribution in [3.05, 3.63) is 41.5 Å². The third-order valence-corrected chi connectivity index (χ3v) is 2.33. The Morgan fingerprint density at radius 3 is 3.00 bits per heavy atom. The van der Waals surface area contributed by atoms with Crippen molar-refractivity contribution in [1.29, 1.82) is 0 Å². The third-order valence-electron chi connectivity index (χ3n) is 2.33. The van der Waals surface area contributed by atoms with Crippen LogP contribution < -0.4 is 0 Å². The summed E-state index contributed by atoms with van der Waals surface area (Å²) in [6, 6.07) is 8.38. The van der Waals surface area contributed by atoms with Crippen molar-refractivity contribution in [2.75, 3.05) is 0 Å². The number of benzene rings is 1. The monoisotopic (exact) mass is 168 g/mol. The van der Waals surface area contributed by atoms with E-state index in [1.54, 1.807) is 0 Å². The molecule has 0 atom stereocenters. The maximum absolute atomic E-state index is 3.19. The van der Waals surface area contributed by atoms with Gasteiger partial charge in [-0.2, -0.15) is 0 Å². The molecule has 0 aliphatic heterocycles. The predicted molar refractivity (Wildman–Crippen MR) is 56.2 cm³/mol. The Hall–Kier alpha value is -1.48. The van der Waals surface area contributed by atoms with Crippen molar-refractivity contribution in [2.45, 2.75) is 19.8 Å². The summed E-state index contributed by atoms with van der Waals surface area (Å²) in [6.07, 6.45) is 4.21. The van der Waals surface area contributed by atoms with Crippen LogP contribution in [-0.2, 0) is 0 Å². The van der Waals surface area contributed by atoms with Gasteiger partial charge in [-0.25, -0.2) is 0 Å². The molecule has 0 amide bonds. The largest absolute Gasteiger partial charge is 0.0937 e. The highest BCUT2D eigenvalue weighted by atomic mass is 14.1. The maximum Gasteiger partial charge on any atom is 0.0320 e. The smallest absolute Gasteiger partial charge is 0.0320 e. The molecule has 64 valence electrons. The third kappa shape index (κ3) is 1.51. The number of rotatable bonds is 1. The molecule has 0 saturated carbocycles. The molecule has 0 fully saturated rings. The minimum Gasteiger partial charge on any atom is -0.0937 e. The number of fused-ring (bicyclic) bond motifs is 1. The van der Waals surface area contributed by atoms with E-state index in [9.17, 15) is 0 Å². The summed E-state index contributed by atoms with van der Waals surface area (Å²) in [7, 11) is 0. The van der Waals surface area contributed by atoms with Crippen molar-refractivity contribution in [3.63, 3.8) is 0 Å². The minimum atomic E-state index is 0.887. The zero-order valence-electron chi connectivity index (χ0n) is 7.80. The molecule has 2 rings (SSSR count). The molecule has 0 heterocycles. The molecule has 1 aromatic carbocycles. The average Bonchev–Trinajstić information content (AvgIpc) is 2.39. The highest BCUT2D eigenvalue weighted by Crippen LogP contribution is 2.23. The van der Waals surface area contributed by atoms with E-state index in [-0.39, 0.29) is 0 Å². The second-order valence-corrected chi connectivity index (χ2v) is 3.13. The fourth-order valence-electron chi connectivity index (χ4n) is 1.64. The maximum atomic E-state index is 3.19. The highest BCUT2D eigenvalue weighted by molar-refractivity contribution is 5.72. The van der Waals surface area contributed by atoms with Crippen molar-refractivity contribution in [3.8, 4) is 11.8 Å². The summed E-state index contributed by atoms with van der Waals surface area (Å²) < 4.78 is 0. The molecule has 0 radical (unpaired) electrons. The molecule has 0 bridgehead atoms. The Morgan fingerprint density at radius 2 is 2.15 bits per heavy atom. The van der Waals surface area contributed by atoms with E-state index >= 15 is 0 Å². The average molecular weight is 168 g/mol. The normalized spacial score (nSPS) is 13.5. The number of allylic oxidation sites excluding steroid dienone is 2. The fourth-order valence-corrected chi connectivity index (χ4v) is 1.64. The molecule has 1 aromatic rings. The van der Waals surface area contributed by atoms with Gasteiger partial charge in [0.15, 0.2) is 0 Å². The molecule has 0 nitrogen and oxygen atoms in total. The summed E-state index contributed by atoms with van der Waals surface area (Å²) in [6.45, 7) is 2.19. The van der Waals surface area contributed by atoms with Crippen molar-refractivity contribution < 1.29 is 0 Å². The highest BCUT2D eigenvalue weighted by Gasteiger charge is 2.04. The van der Waals surface area contributed by atoms with Crippen molar-refractivity contribution >= 4 is 5.57 Å². The first-order valence-electron chi connectivity index (χ1n) is 4.69. The summed E-state index contributed by atoms with van der Waals surface area (Å²) in [5.74, 6) is 6.33. The van der Waals surface area contributed by atoms with Crippen LogP contribution in [0.4, 0.5) is 0 Å². The molecule has 1 aliphatic rings. The lowest BCUT2D eigenvalue weighted by Gasteiger charge is -2.05. The molecule has 0 unspecified atom stereocenters. The molecule has 0 heteroatoms. The Balaban J connectivity index is 2.58. The first kappa shape index (κ1) is 8.13. The second kappa shape index (κ2) is 3.49. The Kier molecular flexibility index (Phi) is 2.19. The SMILES string of the molecule is CCC1=CCC#Cc2ccccc21. The second-order valence-electron chi connectivity index (χ2n) is 3.13. The van der Waals surface area contributed by atoms with Crippen LogP contribution in [0.2, 0.25) is 0 Å². The molecule has 0 saturated heterocycles. The van der Waals surface area contributed by atoms with Gasteiger partial charge >= 0.3 is 0 Å². The fraction of sp³-hybridized carbons (Fsp3) is 0.231. The molecular weight excluding hydrogens is 156 g/mol. The molecule has 0 aromatic heterocycles. The van der Waals surface area contributed by atoms with Crippen LogP contribution in [-0.4, -0.2) is 0 Å². The first-order valence-corrected chi connectivity index (χ1v) is 4.69. The summed E-state index contributed by atoms with van der Waals surface area (Å²) in [4.78, 5) is 0. The van der Waals surface area contributed by atoms with Crippen LogP contribution in [0.1, 0.15) is 30.9 Å². The Bertz CT molecular complexity index is 400. The molecular formula is C13H12. The van der Waals surface area contributed by atoms with Gasteiger partial charge in [0.25, 0.3) is 0 Å². The van der Waals surface area contributed by atoms with Gasteiger partial charge in [-0.05, 0) is 23.6 Å². The molecule has 0 spiro atoms. The Morgan fingerprint density at radius 1 is 1.31 bits per heavy atom. The van der Waals surface area contributed by atoms with Crippen LogP contribution in [0.5, 0.6) is 0 Å². The van der Waals surface area contributed by atoms with Gasteiger partial charge in [0.2, 0.25) is 0 Å². The molecule has 1 aliphatic carbocycles. The standard InChI is InChI=1S/C13H12/c1-2-11-7-3-4-8-12-9-5-6-10-13(11)12/h5-7,9-10H,2-3H2,1H3. The van der Waals surface area contributed by atoms with E-state index in [1.807, 2.05) is 6.07 Å². The summed E-state index contributed by atoms with van der Waals surface area (Å²) in [5.41, 5.74) is 3.90. The topological polar surface area (TPSA) is 0 Å². The predicted octanol–water partition coefficient (Wildman–Crippen LogP) is 3.24. The first-order chi connectivity index (χ1) is 6.42. The lowest BCUT2D eigenvalue weighted by molar-refractivity contribution is 1.22. The zero-order chi connectivity index (χ0) is 9.10. The number of hydrogen-bond acceptors (Lipinski definition) is 0. The van der Waals surface area contributed by atoms with Crippen LogP contribution in [0, 0.1) is 11.8 Å². The van der Waals surface area contributed by atoms with E-state index in [0.717, 1.165) is 12.8 Å². The van der Waals surface area contributed by atoms with Gasteiger partial charge in [-0.15, -0.1) is 0 Å². The zero-order valence-corrected chi connectivity index (χ0v) is 7.80. The molecule has 0 N–H and O–H groups in total. The van der Waals surface area contributed by atoms with Crippen LogP contribution >= 0.6 is 0 Å².